The number of fused-ring (bicyclic) bond motifs is 1. The van der Waals surface area contributed by atoms with Crippen LogP contribution in [0.15, 0.2) is 12.1 Å². The Bertz CT molecular complexity index is 446. The number of benzene rings is 1. The van der Waals surface area contributed by atoms with E-state index in [1.807, 2.05) is 6.07 Å². The third-order valence-electron chi connectivity index (χ3n) is 2.98. The van der Waals surface area contributed by atoms with Crippen LogP contribution in [-0.4, -0.2) is 26.7 Å². The number of ether oxygens (including phenoxy) is 2. The van der Waals surface area contributed by atoms with Crippen molar-refractivity contribution in [2.24, 2.45) is 5.73 Å². The van der Waals surface area contributed by atoms with Crippen molar-refractivity contribution < 1.29 is 14.3 Å². The molecule has 0 spiro atoms. The van der Waals surface area contributed by atoms with E-state index in [0.717, 1.165) is 5.56 Å². The maximum atomic E-state index is 11.6. The fourth-order valence-corrected chi connectivity index (χ4v) is 2.08. The summed E-state index contributed by atoms with van der Waals surface area (Å²) in [5, 5.41) is 2.82. The van der Waals surface area contributed by atoms with Gasteiger partial charge in [0.15, 0.2) is 0 Å². The SMILES string of the molecule is COc1cc(OC)c2c(c1)C(CN)CC(=O)N2. The third kappa shape index (κ3) is 2.06. The fourth-order valence-electron chi connectivity index (χ4n) is 2.08. The first kappa shape index (κ1) is 11.7. The lowest BCUT2D eigenvalue weighted by molar-refractivity contribution is -0.116. The van der Waals surface area contributed by atoms with Gasteiger partial charge in [-0.1, -0.05) is 0 Å². The molecule has 0 aliphatic carbocycles. The number of anilines is 1. The van der Waals surface area contributed by atoms with Gasteiger partial charge in [-0.05, 0) is 18.2 Å². The number of hydrogen-bond acceptors (Lipinski definition) is 4. The number of hydrogen-bond donors (Lipinski definition) is 2. The minimum absolute atomic E-state index is 0.0164. The molecule has 1 aromatic carbocycles. The molecule has 5 heteroatoms. The predicted molar refractivity (Wildman–Crippen MR) is 64.6 cm³/mol. The van der Waals surface area contributed by atoms with Crippen molar-refractivity contribution in [3.8, 4) is 11.5 Å². The summed E-state index contributed by atoms with van der Waals surface area (Å²) in [5.74, 6) is 1.29. The summed E-state index contributed by atoms with van der Waals surface area (Å²) in [6.45, 7) is 0.427. The highest BCUT2D eigenvalue weighted by molar-refractivity contribution is 5.96. The molecule has 0 saturated carbocycles. The lowest BCUT2D eigenvalue weighted by Crippen LogP contribution is -2.27. The van der Waals surface area contributed by atoms with E-state index in [1.165, 1.54) is 0 Å². The summed E-state index contributed by atoms with van der Waals surface area (Å²) in [6, 6.07) is 3.65. The van der Waals surface area contributed by atoms with Crippen molar-refractivity contribution in [2.45, 2.75) is 12.3 Å². The van der Waals surface area contributed by atoms with Gasteiger partial charge < -0.3 is 20.5 Å². The average molecular weight is 236 g/mol. The monoisotopic (exact) mass is 236 g/mol. The Labute approximate surface area is 99.9 Å². The molecule has 1 atom stereocenters. The molecule has 1 amide bonds. The quantitative estimate of drug-likeness (QED) is 0.823. The molecule has 1 aliphatic rings. The van der Waals surface area contributed by atoms with E-state index in [-0.39, 0.29) is 11.8 Å². The van der Waals surface area contributed by atoms with Gasteiger partial charge in [0.25, 0.3) is 0 Å². The first-order valence-electron chi connectivity index (χ1n) is 5.45. The van der Waals surface area contributed by atoms with Crippen LogP contribution in [0.4, 0.5) is 5.69 Å². The minimum Gasteiger partial charge on any atom is -0.497 e. The normalized spacial score (nSPS) is 18.3. The maximum absolute atomic E-state index is 11.6. The molecule has 1 aliphatic heterocycles. The lowest BCUT2D eigenvalue weighted by Gasteiger charge is -2.26. The summed E-state index contributed by atoms with van der Waals surface area (Å²) < 4.78 is 10.5. The molecule has 1 heterocycles. The van der Waals surface area contributed by atoms with E-state index < -0.39 is 0 Å². The molecule has 17 heavy (non-hydrogen) atoms. The molecule has 0 radical (unpaired) electrons. The number of nitrogens with one attached hydrogen (secondary N) is 1. The minimum atomic E-state index is -0.0311. The van der Waals surface area contributed by atoms with E-state index in [0.29, 0.717) is 30.2 Å². The van der Waals surface area contributed by atoms with Gasteiger partial charge in [0, 0.05) is 18.4 Å². The number of methoxy groups -OCH3 is 2. The highest BCUT2D eigenvalue weighted by Crippen LogP contribution is 2.41. The highest BCUT2D eigenvalue weighted by atomic mass is 16.5. The van der Waals surface area contributed by atoms with Gasteiger partial charge in [-0.2, -0.15) is 0 Å². The van der Waals surface area contributed by atoms with E-state index in [2.05, 4.69) is 5.32 Å². The Morgan fingerprint density at radius 3 is 2.76 bits per heavy atom. The molecule has 1 aromatic rings. The van der Waals surface area contributed by atoms with Gasteiger partial charge in [0.05, 0.1) is 19.9 Å². The Hall–Kier alpha value is -1.75. The van der Waals surface area contributed by atoms with Crippen LogP contribution in [0.3, 0.4) is 0 Å². The van der Waals surface area contributed by atoms with Crippen LogP contribution in [0.25, 0.3) is 0 Å². The van der Waals surface area contributed by atoms with Crippen molar-refractivity contribution in [3.63, 3.8) is 0 Å². The van der Waals surface area contributed by atoms with E-state index >= 15 is 0 Å². The molecule has 0 fully saturated rings. The Balaban J connectivity index is 2.55. The second-order valence-electron chi connectivity index (χ2n) is 3.98. The topological polar surface area (TPSA) is 73.6 Å². The molecule has 3 N–H and O–H groups in total. The van der Waals surface area contributed by atoms with Gasteiger partial charge in [-0.25, -0.2) is 0 Å². The molecule has 0 saturated heterocycles. The van der Waals surface area contributed by atoms with Gasteiger partial charge >= 0.3 is 0 Å². The molecule has 2 rings (SSSR count). The van der Waals surface area contributed by atoms with Gasteiger partial charge in [-0.3, -0.25) is 4.79 Å². The zero-order chi connectivity index (χ0) is 12.4. The predicted octanol–water partition coefficient (Wildman–Crippen LogP) is 1.09. The summed E-state index contributed by atoms with van der Waals surface area (Å²) in [4.78, 5) is 11.6. The largest absolute Gasteiger partial charge is 0.497 e. The second kappa shape index (κ2) is 4.63. The molecule has 5 nitrogen and oxygen atoms in total. The third-order valence-corrected chi connectivity index (χ3v) is 2.98. The number of rotatable bonds is 3. The molecular weight excluding hydrogens is 220 g/mol. The molecular formula is C12H16N2O3. The van der Waals surface area contributed by atoms with Crippen LogP contribution in [0.2, 0.25) is 0 Å². The van der Waals surface area contributed by atoms with Crippen molar-refractivity contribution >= 4 is 11.6 Å². The van der Waals surface area contributed by atoms with Gasteiger partial charge in [0.1, 0.15) is 11.5 Å². The zero-order valence-electron chi connectivity index (χ0n) is 9.95. The summed E-state index contributed by atoms with van der Waals surface area (Å²) in [5.41, 5.74) is 7.39. The fraction of sp³-hybridized carbons (Fsp3) is 0.417. The van der Waals surface area contributed by atoms with Crippen LogP contribution >= 0.6 is 0 Å². The van der Waals surface area contributed by atoms with E-state index in [4.69, 9.17) is 15.2 Å². The number of carbonyl (C=O) groups is 1. The summed E-state index contributed by atoms with van der Waals surface area (Å²) in [7, 11) is 3.16. The second-order valence-corrected chi connectivity index (χ2v) is 3.98. The molecule has 0 bridgehead atoms. The van der Waals surface area contributed by atoms with Crippen LogP contribution < -0.4 is 20.5 Å². The smallest absolute Gasteiger partial charge is 0.225 e. The first-order valence-corrected chi connectivity index (χ1v) is 5.45. The van der Waals surface area contributed by atoms with Crippen LogP contribution in [-0.2, 0) is 4.79 Å². The molecule has 92 valence electrons. The summed E-state index contributed by atoms with van der Waals surface area (Å²) >= 11 is 0. The molecule has 0 aromatic heterocycles. The Morgan fingerprint density at radius 2 is 2.18 bits per heavy atom. The van der Waals surface area contributed by atoms with E-state index in [1.54, 1.807) is 20.3 Å². The zero-order valence-corrected chi connectivity index (χ0v) is 9.95. The van der Waals surface area contributed by atoms with E-state index in [9.17, 15) is 4.79 Å². The highest BCUT2D eigenvalue weighted by Gasteiger charge is 2.27. The van der Waals surface area contributed by atoms with Crippen molar-refractivity contribution in [1.82, 2.24) is 0 Å². The van der Waals surface area contributed by atoms with Crippen LogP contribution in [0.1, 0.15) is 17.9 Å². The van der Waals surface area contributed by atoms with Crippen molar-refractivity contribution in [3.05, 3.63) is 17.7 Å². The van der Waals surface area contributed by atoms with Gasteiger partial charge in [0.2, 0.25) is 5.91 Å². The number of carbonyl (C=O) groups excluding carboxylic acids is 1. The number of nitrogens with two attached hydrogens (primary N) is 1. The first-order chi connectivity index (χ1) is 8.19. The van der Waals surface area contributed by atoms with Gasteiger partial charge in [-0.15, -0.1) is 0 Å². The van der Waals surface area contributed by atoms with Crippen molar-refractivity contribution in [1.29, 1.82) is 0 Å². The van der Waals surface area contributed by atoms with Crippen LogP contribution in [0.5, 0.6) is 11.5 Å². The number of amides is 1. The van der Waals surface area contributed by atoms with Crippen molar-refractivity contribution in [2.75, 3.05) is 26.1 Å². The maximum Gasteiger partial charge on any atom is 0.225 e. The molecule has 1 unspecified atom stereocenters. The Kier molecular flexibility index (Phi) is 3.19. The van der Waals surface area contributed by atoms with Crippen LogP contribution in [0, 0.1) is 0 Å². The Morgan fingerprint density at radius 1 is 1.41 bits per heavy atom. The lowest BCUT2D eigenvalue weighted by atomic mass is 9.90. The standard InChI is InChI=1S/C12H16N2O3/c1-16-8-4-9-7(6-13)3-11(15)14-12(9)10(5-8)17-2/h4-5,7H,3,6,13H2,1-2H3,(H,14,15). The average Bonchev–Trinajstić information content (AvgIpc) is 2.36. The summed E-state index contributed by atoms with van der Waals surface area (Å²) in [6.07, 6.45) is 0.403.